The van der Waals surface area contributed by atoms with Crippen LogP contribution in [0.3, 0.4) is 0 Å². The van der Waals surface area contributed by atoms with Crippen molar-refractivity contribution in [2.45, 2.75) is 30.9 Å². The predicted octanol–water partition coefficient (Wildman–Crippen LogP) is 2.57. The molecule has 0 N–H and O–H groups in total. The second kappa shape index (κ2) is 5.18. The average Bonchev–Trinajstić information content (AvgIpc) is 2.82. The number of methoxy groups -OCH3 is 1. The lowest BCUT2D eigenvalue weighted by atomic mass is 10.1. The highest BCUT2D eigenvalue weighted by atomic mass is 32.2. The van der Waals surface area contributed by atoms with Gasteiger partial charge in [0.2, 0.25) is 0 Å². The van der Waals surface area contributed by atoms with Crippen LogP contribution in [-0.4, -0.2) is 32.7 Å². The third-order valence-electron chi connectivity index (χ3n) is 3.37. The van der Waals surface area contributed by atoms with Crippen LogP contribution < -0.4 is 4.74 Å². The SMILES string of the molecule is COc1ccn2c(CC3CCCCS3)nnc2c1. The number of thioether (sulfide) groups is 1. The first-order valence-corrected chi connectivity index (χ1v) is 7.41. The number of ether oxygens (including phenoxy) is 1. The van der Waals surface area contributed by atoms with Crippen molar-refractivity contribution in [2.75, 3.05) is 12.9 Å². The van der Waals surface area contributed by atoms with E-state index in [1.165, 1.54) is 25.0 Å². The van der Waals surface area contributed by atoms with E-state index in [0.29, 0.717) is 5.25 Å². The van der Waals surface area contributed by atoms with Crippen molar-refractivity contribution in [3.05, 3.63) is 24.2 Å². The third-order valence-corrected chi connectivity index (χ3v) is 4.77. The Morgan fingerprint density at radius 2 is 2.39 bits per heavy atom. The van der Waals surface area contributed by atoms with Crippen LogP contribution in [0.15, 0.2) is 18.3 Å². The van der Waals surface area contributed by atoms with E-state index < -0.39 is 0 Å². The minimum absolute atomic E-state index is 0.702. The second-order valence-electron chi connectivity index (χ2n) is 4.60. The normalized spacial score (nSPS) is 20.2. The third kappa shape index (κ3) is 2.32. The van der Waals surface area contributed by atoms with Crippen molar-refractivity contribution in [1.82, 2.24) is 14.6 Å². The van der Waals surface area contributed by atoms with Crippen molar-refractivity contribution in [1.29, 1.82) is 0 Å². The topological polar surface area (TPSA) is 39.4 Å². The minimum Gasteiger partial charge on any atom is -0.497 e. The van der Waals surface area contributed by atoms with E-state index in [2.05, 4.69) is 26.4 Å². The highest BCUT2D eigenvalue weighted by molar-refractivity contribution is 7.99. The molecule has 2 aromatic heterocycles. The lowest BCUT2D eigenvalue weighted by Crippen LogP contribution is -2.14. The monoisotopic (exact) mass is 263 g/mol. The molecule has 2 aromatic rings. The Kier molecular flexibility index (Phi) is 3.41. The van der Waals surface area contributed by atoms with E-state index in [1.807, 2.05) is 18.3 Å². The van der Waals surface area contributed by atoms with Crippen LogP contribution in [-0.2, 0) is 6.42 Å². The van der Waals surface area contributed by atoms with E-state index in [1.54, 1.807) is 7.11 Å². The number of hydrogen-bond donors (Lipinski definition) is 0. The maximum Gasteiger partial charge on any atom is 0.164 e. The van der Waals surface area contributed by atoms with Gasteiger partial charge in [-0.2, -0.15) is 11.8 Å². The molecule has 4 nitrogen and oxygen atoms in total. The van der Waals surface area contributed by atoms with Crippen LogP contribution in [0.1, 0.15) is 25.1 Å². The Balaban J connectivity index is 1.83. The molecule has 0 aromatic carbocycles. The Morgan fingerprint density at radius 1 is 1.44 bits per heavy atom. The highest BCUT2D eigenvalue weighted by Gasteiger charge is 2.17. The molecule has 18 heavy (non-hydrogen) atoms. The van der Waals surface area contributed by atoms with Gasteiger partial charge in [0.1, 0.15) is 11.6 Å². The van der Waals surface area contributed by atoms with E-state index in [-0.39, 0.29) is 0 Å². The first kappa shape index (κ1) is 11.8. The van der Waals surface area contributed by atoms with Crippen LogP contribution in [0.25, 0.3) is 5.65 Å². The molecule has 1 aliphatic rings. The van der Waals surface area contributed by atoms with E-state index in [0.717, 1.165) is 23.6 Å². The van der Waals surface area contributed by atoms with Crippen LogP contribution in [0.5, 0.6) is 5.75 Å². The summed E-state index contributed by atoms with van der Waals surface area (Å²) in [6.45, 7) is 0. The van der Waals surface area contributed by atoms with Crippen LogP contribution >= 0.6 is 11.8 Å². The van der Waals surface area contributed by atoms with E-state index in [4.69, 9.17) is 4.74 Å². The van der Waals surface area contributed by atoms with Gasteiger partial charge in [0.15, 0.2) is 5.65 Å². The molecule has 1 saturated heterocycles. The van der Waals surface area contributed by atoms with E-state index in [9.17, 15) is 0 Å². The fourth-order valence-corrected chi connectivity index (χ4v) is 3.66. The summed E-state index contributed by atoms with van der Waals surface area (Å²) >= 11 is 2.07. The molecule has 0 bridgehead atoms. The molecule has 3 heterocycles. The van der Waals surface area contributed by atoms with Gasteiger partial charge in [0.25, 0.3) is 0 Å². The molecule has 0 saturated carbocycles. The van der Waals surface area contributed by atoms with Gasteiger partial charge in [-0.15, -0.1) is 10.2 Å². The molecule has 0 spiro atoms. The zero-order valence-electron chi connectivity index (χ0n) is 10.5. The predicted molar refractivity (Wildman–Crippen MR) is 73.3 cm³/mol. The fourth-order valence-electron chi connectivity index (χ4n) is 2.36. The second-order valence-corrected chi connectivity index (χ2v) is 6.01. The Labute approximate surface area is 111 Å². The molecule has 1 atom stereocenters. The summed E-state index contributed by atoms with van der Waals surface area (Å²) in [5, 5.41) is 9.23. The summed E-state index contributed by atoms with van der Waals surface area (Å²) in [7, 11) is 1.67. The molecule has 0 amide bonds. The smallest absolute Gasteiger partial charge is 0.164 e. The van der Waals surface area contributed by atoms with Crippen LogP contribution in [0, 0.1) is 0 Å². The molecule has 0 aliphatic carbocycles. The average molecular weight is 263 g/mol. The molecule has 96 valence electrons. The largest absolute Gasteiger partial charge is 0.497 e. The minimum atomic E-state index is 0.702. The van der Waals surface area contributed by atoms with Gasteiger partial charge in [0, 0.05) is 23.9 Å². The summed E-state index contributed by atoms with van der Waals surface area (Å²) < 4.78 is 7.26. The van der Waals surface area contributed by atoms with Gasteiger partial charge in [-0.3, -0.25) is 4.40 Å². The van der Waals surface area contributed by atoms with Crippen molar-refractivity contribution in [3.8, 4) is 5.75 Å². The van der Waals surface area contributed by atoms with Crippen molar-refractivity contribution < 1.29 is 4.74 Å². The Morgan fingerprint density at radius 3 is 3.17 bits per heavy atom. The van der Waals surface area contributed by atoms with Gasteiger partial charge in [-0.1, -0.05) is 6.42 Å². The number of nitrogens with zero attached hydrogens (tertiary/aromatic N) is 3. The maximum atomic E-state index is 5.20. The Bertz CT molecular complexity index is 534. The maximum absolute atomic E-state index is 5.20. The number of rotatable bonds is 3. The van der Waals surface area contributed by atoms with Crippen molar-refractivity contribution >= 4 is 17.4 Å². The van der Waals surface area contributed by atoms with Gasteiger partial charge < -0.3 is 4.74 Å². The number of hydrogen-bond acceptors (Lipinski definition) is 4. The van der Waals surface area contributed by atoms with E-state index >= 15 is 0 Å². The first-order chi connectivity index (χ1) is 8.86. The fraction of sp³-hybridized carbons (Fsp3) is 0.538. The number of fused-ring (bicyclic) bond motifs is 1. The lowest BCUT2D eigenvalue weighted by Gasteiger charge is -2.20. The number of pyridine rings is 1. The molecule has 1 unspecified atom stereocenters. The van der Waals surface area contributed by atoms with Crippen LogP contribution in [0.4, 0.5) is 0 Å². The molecular formula is C13H17N3OS. The first-order valence-electron chi connectivity index (χ1n) is 6.36. The zero-order chi connectivity index (χ0) is 12.4. The molecule has 3 rings (SSSR count). The van der Waals surface area contributed by atoms with Crippen molar-refractivity contribution in [2.24, 2.45) is 0 Å². The lowest BCUT2D eigenvalue weighted by molar-refractivity contribution is 0.414. The molecule has 1 aliphatic heterocycles. The molecule has 1 fully saturated rings. The molecular weight excluding hydrogens is 246 g/mol. The zero-order valence-corrected chi connectivity index (χ0v) is 11.3. The van der Waals surface area contributed by atoms with Gasteiger partial charge in [0.05, 0.1) is 7.11 Å². The summed E-state index contributed by atoms with van der Waals surface area (Å²) in [6.07, 6.45) is 7.02. The van der Waals surface area contributed by atoms with Crippen LogP contribution in [0.2, 0.25) is 0 Å². The molecule has 5 heteroatoms. The molecule has 0 radical (unpaired) electrons. The number of aromatic nitrogens is 3. The van der Waals surface area contributed by atoms with Gasteiger partial charge in [-0.25, -0.2) is 0 Å². The summed E-state index contributed by atoms with van der Waals surface area (Å²) in [6, 6.07) is 3.87. The summed E-state index contributed by atoms with van der Waals surface area (Å²) in [5.74, 6) is 3.18. The quantitative estimate of drug-likeness (QED) is 0.853. The highest BCUT2D eigenvalue weighted by Crippen LogP contribution is 2.27. The summed E-state index contributed by atoms with van der Waals surface area (Å²) in [4.78, 5) is 0. The van der Waals surface area contributed by atoms with Gasteiger partial charge >= 0.3 is 0 Å². The standard InChI is InChI=1S/C13H17N3OS/c1-17-10-5-6-16-12(8-10)14-15-13(16)9-11-4-2-3-7-18-11/h5-6,8,11H,2-4,7,9H2,1H3. The Hall–Kier alpha value is -1.23. The van der Waals surface area contributed by atoms with Crippen molar-refractivity contribution in [3.63, 3.8) is 0 Å². The van der Waals surface area contributed by atoms with Gasteiger partial charge in [-0.05, 0) is 24.7 Å². The summed E-state index contributed by atoms with van der Waals surface area (Å²) in [5.41, 5.74) is 0.866.